The Bertz CT molecular complexity index is 848. The molecule has 1 amide bonds. The highest BCUT2D eigenvalue weighted by Gasteiger charge is 2.46. The molecule has 1 unspecified atom stereocenters. The van der Waals surface area contributed by atoms with E-state index in [-0.39, 0.29) is 25.3 Å². The van der Waals surface area contributed by atoms with Crippen LogP contribution in [0.25, 0.3) is 0 Å². The molecule has 0 saturated carbocycles. The molecule has 1 atom stereocenters. The van der Waals surface area contributed by atoms with E-state index in [1.807, 2.05) is 30.3 Å². The van der Waals surface area contributed by atoms with Crippen molar-refractivity contribution >= 4 is 17.6 Å². The third-order valence-electron chi connectivity index (χ3n) is 4.37. The van der Waals surface area contributed by atoms with E-state index in [1.165, 1.54) is 0 Å². The van der Waals surface area contributed by atoms with Gasteiger partial charge in [-0.05, 0) is 29.8 Å². The molecule has 0 radical (unpaired) electrons. The van der Waals surface area contributed by atoms with Crippen LogP contribution in [0.2, 0.25) is 0 Å². The van der Waals surface area contributed by atoms with Crippen molar-refractivity contribution in [3.05, 3.63) is 65.7 Å². The van der Waals surface area contributed by atoms with Gasteiger partial charge in [0.25, 0.3) is 5.91 Å². The number of carboxylic acids is 1. The zero-order valence-electron chi connectivity index (χ0n) is 14.8. The first-order valence-electron chi connectivity index (χ1n) is 8.46. The number of hydrogen-bond acceptors (Lipinski definition) is 5. The number of ether oxygens (including phenoxy) is 1. The summed E-state index contributed by atoms with van der Waals surface area (Å²) in [6, 6.07) is 15.9. The van der Waals surface area contributed by atoms with Gasteiger partial charge in [0.15, 0.2) is 0 Å². The second-order valence-corrected chi connectivity index (χ2v) is 6.30. The number of aliphatic carboxylic acids is 1. The molecule has 0 fully saturated rings. The van der Waals surface area contributed by atoms with Crippen LogP contribution in [0.15, 0.2) is 59.8 Å². The summed E-state index contributed by atoms with van der Waals surface area (Å²) >= 11 is 0. The standard InChI is InChI=1S/C20H20N2O5/c1-26-17-9-7-15(8-10-17)18(23)21-13-16-12-20(19(24)25,27-22-16)11-14-5-3-2-4-6-14/h2-10H,11-13H2,1H3,(H,21,23)(H,24,25). The maximum atomic E-state index is 12.2. The van der Waals surface area contributed by atoms with Gasteiger partial charge >= 0.3 is 5.97 Å². The van der Waals surface area contributed by atoms with Crippen molar-refractivity contribution in [3.63, 3.8) is 0 Å². The molecule has 0 saturated heterocycles. The third-order valence-corrected chi connectivity index (χ3v) is 4.37. The molecule has 7 heteroatoms. The van der Waals surface area contributed by atoms with Crippen LogP contribution in [0.5, 0.6) is 5.75 Å². The summed E-state index contributed by atoms with van der Waals surface area (Å²) in [6.07, 6.45) is 0.308. The van der Waals surface area contributed by atoms with Crippen molar-refractivity contribution in [1.29, 1.82) is 0 Å². The molecule has 2 aromatic rings. The van der Waals surface area contributed by atoms with Gasteiger partial charge in [0.2, 0.25) is 5.60 Å². The molecule has 27 heavy (non-hydrogen) atoms. The van der Waals surface area contributed by atoms with Crippen LogP contribution in [0.3, 0.4) is 0 Å². The first-order chi connectivity index (χ1) is 13.0. The second kappa shape index (κ2) is 7.90. The zero-order chi connectivity index (χ0) is 19.3. The fraction of sp³-hybridized carbons (Fsp3) is 0.250. The van der Waals surface area contributed by atoms with Crippen LogP contribution in [-0.4, -0.2) is 42.0 Å². The lowest BCUT2D eigenvalue weighted by atomic mass is 9.90. The highest BCUT2D eigenvalue weighted by molar-refractivity contribution is 5.99. The van der Waals surface area contributed by atoms with Crippen LogP contribution in [-0.2, 0) is 16.1 Å². The van der Waals surface area contributed by atoms with Crippen molar-refractivity contribution in [2.45, 2.75) is 18.4 Å². The van der Waals surface area contributed by atoms with Crippen molar-refractivity contribution in [2.75, 3.05) is 13.7 Å². The number of carboxylic acid groups (broad SMARTS) is 1. The largest absolute Gasteiger partial charge is 0.497 e. The zero-order valence-corrected chi connectivity index (χ0v) is 14.8. The van der Waals surface area contributed by atoms with Gasteiger partial charge in [-0.2, -0.15) is 0 Å². The number of rotatable bonds is 7. The molecule has 140 valence electrons. The Balaban J connectivity index is 1.60. The van der Waals surface area contributed by atoms with Gasteiger partial charge in [0.1, 0.15) is 5.75 Å². The number of hydrogen-bond donors (Lipinski definition) is 2. The van der Waals surface area contributed by atoms with Crippen LogP contribution in [0.1, 0.15) is 22.3 Å². The average molecular weight is 368 g/mol. The van der Waals surface area contributed by atoms with Gasteiger partial charge in [-0.1, -0.05) is 35.5 Å². The molecule has 0 aliphatic carbocycles. The number of nitrogens with zero attached hydrogens (tertiary/aromatic N) is 1. The van der Waals surface area contributed by atoms with Gasteiger partial charge in [-0.25, -0.2) is 4.79 Å². The number of oxime groups is 1. The highest BCUT2D eigenvalue weighted by atomic mass is 16.7. The van der Waals surface area contributed by atoms with Crippen LogP contribution < -0.4 is 10.1 Å². The molecular formula is C20H20N2O5. The quantitative estimate of drug-likeness (QED) is 0.781. The van der Waals surface area contributed by atoms with Gasteiger partial charge in [0, 0.05) is 18.4 Å². The van der Waals surface area contributed by atoms with Crippen LogP contribution in [0, 0.1) is 0 Å². The molecule has 2 aromatic carbocycles. The van der Waals surface area contributed by atoms with Gasteiger partial charge in [-0.3, -0.25) is 4.79 Å². The Morgan fingerprint density at radius 1 is 1.19 bits per heavy atom. The Morgan fingerprint density at radius 3 is 2.52 bits per heavy atom. The molecule has 3 rings (SSSR count). The van der Waals surface area contributed by atoms with E-state index in [1.54, 1.807) is 31.4 Å². The fourth-order valence-corrected chi connectivity index (χ4v) is 2.88. The molecule has 7 nitrogen and oxygen atoms in total. The molecule has 1 heterocycles. The smallest absolute Gasteiger partial charge is 0.351 e. The lowest BCUT2D eigenvalue weighted by Crippen LogP contribution is -2.42. The van der Waals surface area contributed by atoms with E-state index in [2.05, 4.69) is 10.5 Å². The molecule has 0 spiro atoms. The van der Waals surface area contributed by atoms with Crippen molar-refractivity contribution < 1.29 is 24.3 Å². The first-order valence-corrected chi connectivity index (χ1v) is 8.46. The van der Waals surface area contributed by atoms with Crippen molar-refractivity contribution in [2.24, 2.45) is 5.16 Å². The van der Waals surface area contributed by atoms with Crippen molar-refractivity contribution in [1.82, 2.24) is 5.32 Å². The Hall–Kier alpha value is -3.35. The number of methoxy groups -OCH3 is 1. The third kappa shape index (κ3) is 4.25. The highest BCUT2D eigenvalue weighted by Crippen LogP contribution is 2.28. The van der Waals surface area contributed by atoms with Gasteiger partial charge in [0.05, 0.1) is 19.4 Å². The van der Waals surface area contributed by atoms with Crippen LogP contribution >= 0.6 is 0 Å². The lowest BCUT2D eigenvalue weighted by molar-refractivity contribution is -0.162. The minimum atomic E-state index is -1.44. The number of carbonyl (C=O) groups excluding carboxylic acids is 1. The predicted molar refractivity (Wildman–Crippen MR) is 99.0 cm³/mol. The van der Waals surface area contributed by atoms with Gasteiger partial charge in [-0.15, -0.1) is 0 Å². The van der Waals surface area contributed by atoms with E-state index >= 15 is 0 Å². The Labute approximate surface area is 156 Å². The number of nitrogens with one attached hydrogen (secondary N) is 1. The summed E-state index contributed by atoms with van der Waals surface area (Å²) < 4.78 is 5.06. The summed E-state index contributed by atoms with van der Waals surface area (Å²) in [5.74, 6) is -0.699. The SMILES string of the molecule is COc1ccc(C(=O)NCC2=NOC(Cc3ccccc3)(C(=O)O)C2)cc1. The second-order valence-electron chi connectivity index (χ2n) is 6.30. The predicted octanol–water partition coefficient (Wildman–Crippen LogP) is 2.27. The van der Waals surface area contributed by atoms with Gasteiger partial charge < -0.3 is 20.0 Å². The average Bonchev–Trinajstić information content (AvgIpc) is 3.11. The number of carbonyl (C=O) groups is 2. The summed E-state index contributed by atoms with van der Waals surface area (Å²) in [5, 5.41) is 16.3. The number of benzene rings is 2. The summed E-state index contributed by atoms with van der Waals surface area (Å²) in [4.78, 5) is 29.3. The topological polar surface area (TPSA) is 97.2 Å². The number of amides is 1. The van der Waals surface area contributed by atoms with E-state index in [9.17, 15) is 14.7 Å². The molecule has 1 aliphatic heterocycles. The maximum Gasteiger partial charge on any atom is 0.351 e. The first kappa shape index (κ1) is 18.4. The van der Waals surface area contributed by atoms with E-state index in [0.717, 1.165) is 5.56 Å². The molecule has 2 N–H and O–H groups in total. The van der Waals surface area contributed by atoms with E-state index in [0.29, 0.717) is 17.0 Å². The molecule has 0 aromatic heterocycles. The van der Waals surface area contributed by atoms with E-state index in [4.69, 9.17) is 9.57 Å². The molecular weight excluding hydrogens is 348 g/mol. The summed E-state index contributed by atoms with van der Waals surface area (Å²) in [7, 11) is 1.55. The maximum absolute atomic E-state index is 12.2. The summed E-state index contributed by atoms with van der Waals surface area (Å²) in [5.41, 5.74) is 0.361. The van der Waals surface area contributed by atoms with Crippen molar-refractivity contribution in [3.8, 4) is 5.75 Å². The minimum absolute atomic E-state index is 0.111. The monoisotopic (exact) mass is 368 g/mol. The minimum Gasteiger partial charge on any atom is -0.497 e. The normalized spacial score (nSPS) is 18.3. The fourth-order valence-electron chi connectivity index (χ4n) is 2.88. The molecule has 1 aliphatic rings. The Morgan fingerprint density at radius 2 is 1.89 bits per heavy atom. The lowest BCUT2D eigenvalue weighted by Gasteiger charge is -2.21. The Kier molecular flexibility index (Phi) is 5.40. The van der Waals surface area contributed by atoms with E-state index < -0.39 is 11.6 Å². The summed E-state index contributed by atoms with van der Waals surface area (Å²) in [6.45, 7) is 0.120. The molecule has 0 bridgehead atoms. The van der Waals surface area contributed by atoms with Crippen LogP contribution in [0.4, 0.5) is 0 Å².